The maximum atomic E-state index is 11.7. The highest BCUT2D eigenvalue weighted by Gasteiger charge is 2.19. The smallest absolute Gasteiger partial charge is 0.263 e. The average molecular weight is 301 g/mol. The molecule has 1 amide bonds. The maximum Gasteiger partial charge on any atom is 0.263 e. The second-order valence-corrected chi connectivity index (χ2v) is 6.11. The fourth-order valence-electron chi connectivity index (χ4n) is 1.78. The first kappa shape index (κ1) is 16.2. The van der Waals surface area contributed by atoms with Crippen molar-refractivity contribution in [2.45, 2.75) is 37.5 Å². The molecule has 1 heterocycles. The largest absolute Gasteiger partial charge is 0.396 e. The number of nitrogens with one attached hydrogen (secondary N) is 2. The van der Waals surface area contributed by atoms with Crippen LogP contribution in [0.4, 0.5) is 10.7 Å². The van der Waals surface area contributed by atoms with Gasteiger partial charge < -0.3 is 16.4 Å². The maximum absolute atomic E-state index is 11.7. The molecule has 4 N–H and O–H groups in total. The van der Waals surface area contributed by atoms with E-state index in [9.17, 15) is 4.79 Å². The summed E-state index contributed by atoms with van der Waals surface area (Å²) in [5, 5.41) is 7.04. The molecule has 0 aliphatic heterocycles. The van der Waals surface area contributed by atoms with Crippen molar-refractivity contribution in [2.75, 3.05) is 30.9 Å². The minimum Gasteiger partial charge on any atom is -0.396 e. The third kappa shape index (κ3) is 4.31. The monoisotopic (exact) mass is 301 g/mol. The normalized spacial score (nSPS) is 10.5. The number of amides is 1. The van der Waals surface area contributed by atoms with Gasteiger partial charge in [-0.25, -0.2) is 0 Å². The van der Waals surface area contributed by atoms with Crippen molar-refractivity contribution >= 4 is 39.7 Å². The van der Waals surface area contributed by atoms with Crippen LogP contribution in [0.5, 0.6) is 0 Å². The molecule has 0 saturated heterocycles. The number of nitrogens with two attached hydrogens (primary N) is 1. The summed E-state index contributed by atoms with van der Waals surface area (Å²) in [5.41, 5.74) is 6.62. The minimum atomic E-state index is -0.114. The van der Waals surface area contributed by atoms with Crippen LogP contribution in [0, 0.1) is 0 Å². The lowest BCUT2D eigenvalue weighted by Crippen LogP contribution is -2.17. The molecule has 0 aromatic carbocycles. The van der Waals surface area contributed by atoms with Crippen LogP contribution in [-0.2, 0) is 0 Å². The highest BCUT2D eigenvalue weighted by atomic mass is 32.2. The summed E-state index contributed by atoms with van der Waals surface area (Å²) in [6, 6.07) is 0. The Balaban J connectivity index is 2.69. The first-order valence-corrected chi connectivity index (χ1v) is 8.62. The zero-order valence-corrected chi connectivity index (χ0v) is 13.5. The highest BCUT2D eigenvalue weighted by molar-refractivity contribution is 7.99. The van der Waals surface area contributed by atoms with Crippen LogP contribution in [0.15, 0.2) is 4.90 Å². The van der Waals surface area contributed by atoms with Crippen molar-refractivity contribution in [3.63, 3.8) is 0 Å². The molecule has 4 nitrogen and oxygen atoms in total. The molecule has 108 valence electrons. The molecule has 0 atom stereocenters. The topological polar surface area (TPSA) is 67.2 Å². The van der Waals surface area contributed by atoms with Gasteiger partial charge in [-0.2, -0.15) is 0 Å². The average Bonchev–Trinajstić information content (AvgIpc) is 2.74. The van der Waals surface area contributed by atoms with E-state index in [-0.39, 0.29) is 5.91 Å². The Morgan fingerprint density at radius 1 is 1.37 bits per heavy atom. The highest BCUT2D eigenvalue weighted by Crippen LogP contribution is 2.41. The number of rotatable bonds is 8. The third-order valence-corrected chi connectivity index (χ3v) is 4.98. The predicted molar refractivity (Wildman–Crippen MR) is 86.5 cm³/mol. The Kier molecular flexibility index (Phi) is 7.09. The van der Waals surface area contributed by atoms with E-state index in [1.165, 1.54) is 30.6 Å². The molecule has 0 fully saturated rings. The van der Waals surface area contributed by atoms with Gasteiger partial charge in [0.2, 0.25) is 0 Å². The molecule has 1 aromatic heterocycles. The molecule has 0 bridgehead atoms. The summed E-state index contributed by atoms with van der Waals surface area (Å²) in [5.74, 6) is -0.114. The molecule has 0 aliphatic rings. The summed E-state index contributed by atoms with van der Waals surface area (Å²) >= 11 is 3.02. The number of nitrogen functional groups attached to an aromatic ring is 1. The molecule has 19 heavy (non-hydrogen) atoms. The molecule has 0 unspecified atom stereocenters. The molecule has 0 radical (unpaired) electrons. The van der Waals surface area contributed by atoms with Crippen LogP contribution in [0.1, 0.15) is 42.3 Å². The van der Waals surface area contributed by atoms with Gasteiger partial charge in [0.25, 0.3) is 5.91 Å². The first-order valence-electron chi connectivity index (χ1n) is 6.57. The van der Waals surface area contributed by atoms with Crippen LogP contribution in [0.25, 0.3) is 0 Å². The quantitative estimate of drug-likeness (QED) is 0.508. The summed E-state index contributed by atoms with van der Waals surface area (Å²) in [6.07, 6.45) is 6.88. The van der Waals surface area contributed by atoms with Gasteiger partial charge in [0.15, 0.2) is 0 Å². The van der Waals surface area contributed by atoms with E-state index in [1.54, 1.807) is 18.8 Å². The number of thiophene rings is 1. The minimum absolute atomic E-state index is 0.114. The van der Waals surface area contributed by atoms with Crippen LogP contribution in [-0.4, -0.2) is 25.8 Å². The van der Waals surface area contributed by atoms with Crippen LogP contribution in [0.2, 0.25) is 0 Å². The summed E-state index contributed by atoms with van der Waals surface area (Å²) < 4.78 is 0. The molecule has 1 rings (SSSR count). The fraction of sp³-hybridized carbons (Fsp3) is 0.615. The molecular formula is C13H23N3OS2. The molecule has 0 aliphatic carbocycles. The van der Waals surface area contributed by atoms with Gasteiger partial charge >= 0.3 is 0 Å². The molecule has 1 aromatic rings. The Morgan fingerprint density at radius 3 is 2.68 bits per heavy atom. The van der Waals surface area contributed by atoms with Gasteiger partial charge in [-0.3, -0.25) is 4.79 Å². The van der Waals surface area contributed by atoms with Gasteiger partial charge in [0.05, 0.1) is 10.6 Å². The number of unbranched alkanes of at least 4 members (excludes halogenated alkanes) is 3. The standard InChI is InChI=1S/C13H23N3OS2/c1-4-5-6-7-8-16-13-11(18-3)9(14)10(19-13)12(17)15-2/h16H,4-8,14H2,1-3H3,(H,15,17). The Morgan fingerprint density at radius 2 is 2.11 bits per heavy atom. The number of anilines is 2. The predicted octanol–water partition coefficient (Wildman–Crippen LogP) is 3.40. The van der Waals surface area contributed by atoms with E-state index < -0.39 is 0 Å². The van der Waals surface area contributed by atoms with Crippen molar-refractivity contribution < 1.29 is 4.79 Å². The zero-order chi connectivity index (χ0) is 14.3. The van der Waals surface area contributed by atoms with Crippen molar-refractivity contribution in [3.05, 3.63) is 4.88 Å². The van der Waals surface area contributed by atoms with Gasteiger partial charge in [0.1, 0.15) is 9.88 Å². The van der Waals surface area contributed by atoms with Gasteiger partial charge in [-0.1, -0.05) is 26.2 Å². The number of hydrogen-bond acceptors (Lipinski definition) is 5. The van der Waals surface area contributed by atoms with Gasteiger partial charge in [0, 0.05) is 13.6 Å². The summed E-state index contributed by atoms with van der Waals surface area (Å²) in [4.78, 5) is 13.3. The summed E-state index contributed by atoms with van der Waals surface area (Å²) in [6.45, 7) is 3.13. The lowest BCUT2D eigenvalue weighted by Gasteiger charge is -2.05. The first-order chi connectivity index (χ1) is 9.15. The van der Waals surface area contributed by atoms with Crippen LogP contribution in [0.3, 0.4) is 0 Å². The number of carbonyl (C=O) groups excluding carboxylic acids is 1. The molecule has 6 heteroatoms. The van der Waals surface area contributed by atoms with Crippen LogP contribution >= 0.6 is 23.1 Å². The number of thioether (sulfide) groups is 1. The van der Waals surface area contributed by atoms with Crippen molar-refractivity contribution in [2.24, 2.45) is 0 Å². The summed E-state index contributed by atoms with van der Waals surface area (Å²) in [7, 11) is 1.62. The van der Waals surface area contributed by atoms with E-state index in [1.807, 2.05) is 6.26 Å². The molecule has 0 saturated carbocycles. The van der Waals surface area contributed by atoms with Crippen molar-refractivity contribution in [1.29, 1.82) is 0 Å². The van der Waals surface area contributed by atoms with E-state index in [2.05, 4.69) is 17.6 Å². The van der Waals surface area contributed by atoms with Gasteiger partial charge in [-0.15, -0.1) is 23.1 Å². The van der Waals surface area contributed by atoms with Crippen LogP contribution < -0.4 is 16.4 Å². The van der Waals surface area contributed by atoms with Crippen molar-refractivity contribution in [1.82, 2.24) is 5.32 Å². The number of hydrogen-bond donors (Lipinski definition) is 3. The van der Waals surface area contributed by atoms with E-state index in [0.29, 0.717) is 10.6 Å². The number of carbonyl (C=O) groups is 1. The Labute approximate surface area is 123 Å². The second-order valence-electron chi connectivity index (χ2n) is 4.27. The SMILES string of the molecule is CCCCCCNc1sc(C(=O)NC)c(N)c1SC. The van der Waals surface area contributed by atoms with Crippen molar-refractivity contribution in [3.8, 4) is 0 Å². The fourth-order valence-corrected chi connectivity index (χ4v) is 3.79. The molecular weight excluding hydrogens is 278 g/mol. The lowest BCUT2D eigenvalue weighted by molar-refractivity contribution is 0.0968. The lowest BCUT2D eigenvalue weighted by atomic mass is 10.2. The van der Waals surface area contributed by atoms with E-state index >= 15 is 0 Å². The van der Waals surface area contributed by atoms with Gasteiger partial charge in [-0.05, 0) is 12.7 Å². The second kappa shape index (κ2) is 8.32. The molecule has 0 spiro atoms. The Hall–Kier alpha value is -0.880. The Bertz CT molecular complexity index is 418. The third-order valence-electron chi connectivity index (χ3n) is 2.85. The van der Waals surface area contributed by atoms with E-state index in [0.717, 1.165) is 22.9 Å². The van der Waals surface area contributed by atoms with E-state index in [4.69, 9.17) is 5.73 Å². The zero-order valence-electron chi connectivity index (χ0n) is 11.8.